The molecule has 2 aromatic rings. The van der Waals surface area contributed by atoms with Gasteiger partial charge in [0.1, 0.15) is 0 Å². The van der Waals surface area contributed by atoms with E-state index >= 15 is 0 Å². The number of anilines is 1. The number of unbranched alkanes of at least 4 members (excludes halogenated alkanes) is 1. The standard InChI is InChI=1S/C19H21N3O4S/c1-2-3-4-13-5-8-15(9-6-13)21-18(23)12-27-17-10-7-14(19(20)24)11-16(17)22(25)26/h5-11H,2-4,12H2,1H3,(H2,20,24)(H,21,23). The smallest absolute Gasteiger partial charge is 0.283 e. The number of nitrogens with two attached hydrogens (primary N) is 1. The van der Waals surface area contributed by atoms with Crippen LogP contribution in [0.3, 0.4) is 0 Å². The van der Waals surface area contributed by atoms with Crippen LogP contribution in [0.1, 0.15) is 35.7 Å². The predicted octanol–water partition coefficient (Wildman–Crippen LogP) is 3.77. The number of nitrogens with one attached hydrogen (secondary N) is 1. The Morgan fingerprint density at radius 2 is 1.89 bits per heavy atom. The summed E-state index contributed by atoms with van der Waals surface area (Å²) in [5, 5.41) is 13.9. The Kier molecular flexibility index (Phi) is 7.36. The van der Waals surface area contributed by atoms with Crippen LogP contribution >= 0.6 is 11.8 Å². The lowest BCUT2D eigenvalue weighted by molar-refractivity contribution is -0.387. The van der Waals surface area contributed by atoms with E-state index in [2.05, 4.69) is 12.2 Å². The summed E-state index contributed by atoms with van der Waals surface area (Å²) in [5.41, 5.74) is 6.85. The Morgan fingerprint density at radius 3 is 2.48 bits per heavy atom. The van der Waals surface area contributed by atoms with Crippen LogP contribution in [0.5, 0.6) is 0 Å². The summed E-state index contributed by atoms with van der Waals surface area (Å²) < 4.78 is 0. The Labute approximate surface area is 161 Å². The van der Waals surface area contributed by atoms with Crippen LogP contribution in [0.25, 0.3) is 0 Å². The van der Waals surface area contributed by atoms with Crippen molar-refractivity contribution < 1.29 is 14.5 Å². The van der Waals surface area contributed by atoms with Gasteiger partial charge in [0, 0.05) is 17.3 Å². The fourth-order valence-corrected chi connectivity index (χ4v) is 3.22. The predicted molar refractivity (Wildman–Crippen MR) is 106 cm³/mol. The number of nitro benzene ring substituents is 1. The molecule has 0 aliphatic rings. The minimum atomic E-state index is -0.741. The first-order valence-electron chi connectivity index (χ1n) is 8.50. The molecule has 0 atom stereocenters. The molecule has 0 aliphatic carbocycles. The van der Waals surface area contributed by atoms with Crippen LogP contribution < -0.4 is 11.1 Å². The Morgan fingerprint density at radius 1 is 1.19 bits per heavy atom. The second-order valence-corrected chi connectivity index (χ2v) is 6.96. The van der Waals surface area contributed by atoms with Gasteiger partial charge in [-0.25, -0.2) is 0 Å². The van der Waals surface area contributed by atoms with Gasteiger partial charge in [-0.15, -0.1) is 11.8 Å². The van der Waals surface area contributed by atoms with Crippen LogP contribution in [-0.4, -0.2) is 22.5 Å². The number of carbonyl (C=O) groups excluding carboxylic acids is 2. The van der Waals surface area contributed by atoms with Gasteiger partial charge in [-0.05, 0) is 42.7 Å². The number of amides is 2. The largest absolute Gasteiger partial charge is 0.366 e. The van der Waals surface area contributed by atoms with Gasteiger partial charge in [0.15, 0.2) is 0 Å². The summed E-state index contributed by atoms with van der Waals surface area (Å²) >= 11 is 1.03. The van der Waals surface area contributed by atoms with Crippen molar-refractivity contribution in [1.29, 1.82) is 0 Å². The van der Waals surface area contributed by atoms with Gasteiger partial charge in [0.05, 0.1) is 15.6 Å². The van der Waals surface area contributed by atoms with Gasteiger partial charge in [-0.2, -0.15) is 0 Å². The van der Waals surface area contributed by atoms with E-state index in [9.17, 15) is 19.7 Å². The summed E-state index contributed by atoms with van der Waals surface area (Å²) in [4.78, 5) is 34.2. The number of hydrogen-bond donors (Lipinski definition) is 2. The molecule has 0 unspecified atom stereocenters. The van der Waals surface area contributed by atoms with Gasteiger partial charge in [-0.3, -0.25) is 19.7 Å². The van der Waals surface area contributed by atoms with E-state index in [1.54, 1.807) is 0 Å². The number of benzene rings is 2. The maximum Gasteiger partial charge on any atom is 0.283 e. The number of aryl methyl sites for hydroxylation is 1. The molecule has 0 radical (unpaired) electrons. The maximum atomic E-state index is 12.1. The summed E-state index contributed by atoms with van der Waals surface area (Å²) in [6, 6.07) is 11.6. The monoisotopic (exact) mass is 387 g/mol. The highest BCUT2D eigenvalue weighted by Gasteiger charge is 2.18. The average Bonchev–Trinajstić information content (AvgIpc) is 2.65. The summed E-state index contributed by atoms with van der Waals surface area (Å²) in [6.45, 7) is 2.14. The second-order valence-electron chi connectivity index (χ2n) is 5.94. The lowest BCUT2D eigenvalue weighted by Gasteiger charge is -2.07. The topological polar surface area (TPSA) is 115 Å². The van der Waals surface area contributed by atoms with Crippen LogP contribution in [0.2, 0.25) is 0 Å². The lowest BCUT2D eigenvalue weighted by Crippen LogP contribution is -2.14. The molecule has 8 heteroatoms. The number of carbonyl (C=O) groups is 2. The van der Waals surface area contributed by atoms with Crippen molar-refractivity contribution in [2.75, 3.05) is 11.1 Å². The number of nitrogens with zero attached hydrogens (tertiary/aromatic N) is 1. The first-order chi connectivity index (χ1) is 12.9. The molecule has 7 nitrogen and oxygen atoms in total. The van der Waals surface area contributed by atoms with Crippen molar-refractivity contribution in [3.8, 4) is 0 Å². The molecule has 3 N–H and O–H groups in total. The van der Waals surface area contributed by atoms with Gasteiger partial charge in [-0.1, -0.05) is 25.5 Å². The van der Waals surface area contributed by atoms with Crippen molar-refractivity contribution in [2.45, 2.75) is 31.1 Å². The van der Waals surface area contributed by atoms with Gasteiger partial charge in [0.2, 0.25) is 11.8 Å². The molecule has 2 rings (SSSR count). The number of primary amides is 1. The van der Waals surface area contributed by atoms with Gasteiger partial charge < -0.3 is 11.1 Å². The third-order valence-electron chi connectivity index (χ3n) is 3.86. The zero-order valence-corrected chi connectivity index (χ0v) is 15.8. The molecule has 0 aromatic heterocycles. The fraction of sp³-hybridized carbons (Fsp3) is 0.263. The molecule has 2 amide bonds. The maximum absolute atomic E-state index is 12.1. The Hall–Kier alpha value is -2.87. The zero-order valence-electron chi connectivity index (χ0n) is 14.9. The lowest BCUT2D eigenvalue weighted by atomic mass is 10.1. The first-order valence-corrected chi connectivity index (χ1v) is 9.49. The van der Waals surface area contributed by atoms with E-state index in [0.717, 1.165) is 37.1 Å². The number of hydrogen-bond acceptors (Lipinski definition) is 5. The minimum absolute atomic E-state index is 0.00828. The van der Waals surface area contributed by atoms with Crippen LogP contribution in [0.15, 0.2) is 47.4 Å². The molecule has 142 valence electrons. The van der Waals surface area contributed by atoms with Crippen molar-refractivity contribution >= 4 is 35.0 Å². The van der Waals surface area contributed by atoms with Crippen LogP contribution in [-0.2, 0) is 11.2 Å². The van der Waals surface area contributed by atoms with E-state index in [4.69, 9.17) is 5.73 Å². The minimum Gasteiger partial charge on any atom is -0.366 e. The van der Waals surface area contributed by atoms with Crippen molar-refractivity contribution in [2.24, 2.45) is 5.73 Å². The SMILES string of the molecule is CCCCc1ccc(NC(=O)CSc2ccc(C(N)=O)cc2[N+](=O)[O-])cc1. The van der Waals surface area contributed by atoms with Gasteiger partial charge in [0.25, 0.3) is 5.69 Å². The average molecular weight is 387 g/mol. The van der Waals surface area contributed by atoms with E-state index < -0.39 is 10.8 Å². The molecule has 0 spiro atoms. The fourth-order valence-electron chi connectivity index (χ4n) is 2.41. The zero-order chi connectivity index (χ0) is 19.8. The highest BCUT2D eigenvalue weighted by atomic mass is 32.2. The molecular formula is C19H21N3O4S. The summed E-state index contributed by atoms with van der Waals surface area (Å²) in [7, 11) is 0. The molecule has 0 fully saturated rings. The molecular weight excluding hydrogens is 366 g/mol. The number of thioether (sulfide) groups is 1. The van der Waals surface area contributed by atoms with Gasteiger partial charge >= 0.3 is 0 Å². The van der Waals surface area contributed by atoms with Crippen LogP contribution in [0.4, 0.5) is 11.4 Å². The van der Waals surface area contributed by atoms with E-state index in [-0.39, 0.29) is 22.9 Å². The molecule has 0 aliphatic heterocycles. The van der Waals surface area contributed by atoms with Crippen molar-refractivity contribution in [3.05, 3.63) is 63.7 Å². The van der Waals surface area contributed by atoms with E-state index in [1.807, 2.05) is 24.3 Å². The molecule has 0 saturated heterocycles. The molecule has 0 saturated carbocycles. The number of nitro groups is 1. The summed E-state index contributed by atoms with van der Waals surface area (Å²) in [6.07, 6.45) is 3.25. The van der Waals surface area contributed by atoms with Crippen molar-refractivity contribution in [3.63, 3.8) is 0 Å². The Bertz CT molecular complexity index is 837. The van der Waals surface area contributed by atoms with Crippen LogP contribution in [0, 0.1) is 10.1 Å². The van der Waals surface area contributed by atoms with Crippen molar-refractivity contribution in [1.82, 2.24) is 0 Å². The van der Waals surface area contributed by atoms with E-state index in [0.29, 0.717) is 10.6 Å². The summed E-state index contributed by atoms with van der Waals surface area (Å²) in [5.74, 6) is -1.00. The molecule has 0 bridgehead atoms. The number of rotatable bonds is 9. The third kappa shape index (κ3) is 6.10. The molecule has 27 heavy (non-hydrogen) atoms. The Balaban J connectivity index is 1.97. The highest BCUT2D eigenvalue weighted by Crippen LogP contribution is 2.30. The third-order valence-corrected chi connectivity index (χ3v) is 4.92. The molecule has 0 heterocycles. The van der Waals surface area contributed by atoms with E-state index in [1.165, 1.54) is 17.7 Å². The molecule has 2 aromatic carbocycles. The normalized spacial score (nSPS) is 10.4. The first kappa shape index (κ1) is 20.4. The quantitative estimate of drug-likeness (QED) is 0.386. The second kappa shape index (κ2) is 9.72. The highest BCUT2D eigenvalue weighted by molar-refractivity contribution is 8.00.